The number of carbonyl (C=O) groups is 1. The summed E-state index contributed by atoms with van der Waals surface area (Å²) in [6.45, 7) is 5.76. The van der Waals surface area contributed by atoms with E-state index in [1.807, 2.05) is 63.2 Å². The van der Waals surface area contributed by atoms with Gasteiger partial charge in [-0.25, -0.2) is 5.43 Å². The molecule has 122 valence electrons. The van der Waals surface area contributed by atoms with Crippen molar-refractivity contribution in [1.29, 1.82) is 0 Å². The van der Waals surface area contributed by atoms with Gasteiger partial charge in [0.15, 0.2) is 0 Å². The Labute approximate surface area is 140 Å². The van der Waals surface area contributed by atoms with Gasteiger partial charge >= 0.3 is 0 Å². The molecule has 5 heteroatoms. The molecule has 3 rings (SSSR count). The summed E-state index contributed by atoms with van der Waals surface area (Å²) in [6, 6.07) is 15.5. The predicted molar refractivity (Wildman–Crippen MR) is 93.7 cm³/mol. The lowest BCUT2D eigenvalue weighted by Crippen LogP contribution is -2.18. The molecule has 1 N–H and O–H groups in total. The molecule has 1 aromatic carbocycles. The van der Waals surface area contributed by atoms with E-state index in [0.29, 0.717) is 11.3 Å². The van der Waals surface area contributed by atoms with Crippen LogP contribution in [0.3, 0.4) is 0 Å². The number of benzene rings is 1. The zero-order chi connectivity index (χ0) is 17.1. The first-order valence-electron chi connectivity index (χ1n) is 7.70. The van der Waals surface area contributed by atoms with Crippen molar-refractivity contribution in [2.45, 2.75) is 20.8 Å². The standard InChI is InChI=1S/C19H19N3O2/c1-13-11-18(15(3)22(13)16-7-5-4-6-8-16)19(23)21-20-12-17-10-9-14(2)24-17/h4-12H,1-3H3,(H,21,23)/b20-12-. The van der Waals surface area contributed by atoms with Crippen LogP contribution in [-0.2, 0) is 0 Å². The number of carbonyl (C=O) groups excluding carboxylic acids is 1. The van der Waals surface area contributed by atoms with Crippen molar-refractivity contribution in [1.82, 2.24) is 9.99 Å². The Morgan fingerprint density at radius 1 is 1.12 bits per heavy atom. The normalized spacial score (nSPS) is 11.1. The fourth-order valence-electron chi connectivity index (χ4n) is 2.70. The molecule has 0 saturated heterocycles. The summed E-state index contributed by atoms with van der Waals surface area (Å²) in [5, 5.41) is 3.96. The molecule has 0 aliphatic heterocycles. The van der Waals surface area contributed by atoms with Crippen molar-refractivity contribution in [2.24, 2.45) is 5.10 Å². The zero-order valence-corrected chi connectivity index (χ0v) is 13.9. The number of hydrogen-bond acceptors (Lipinski definition) is 3. The van der Waals surface area contributed by atoms with Crippen molar-refractivity contribution in [3.05, 3.63) is 77.0 Å². The summed E-state index contributed by atoms with van der Waals surface area (Å²) in [5.74, 6) is 1.15. The van der Waals surface area contributed by atoms with Gasteiger partial charge in [0.25, 0.3) is 5.91 Å². The summed E-state index contributed by atoms with van der Waals surface area (Å²) < 4.78 is 7.42. The van der Waals surface area contributed by atoms with Crippen LogP contribution >= 0.6 is 0 Å². The highest BCUT2D eigenvalue weighted by atomic mass is 16.3. The number of rotatable bonds is 4. The van der Waals surface area contributed by atoms with Crippen LogP contribution in [0.4, 0.5) is 0 Å². The number of para-hydroxylation sites is 1. The first-order chi connectivity index (χ1) is 11.6. The maximum atomic E-state index is 12.4. The number of aromatic nitrogens is 1. The lowest BCUT2D eigenvalue weighted by molar-refractivity contribution is 0.0954. The van der Waals surface area contributed by atoms with Gasteiger partial charge < -0.3 is 8.98 Å². The van der Waals surface area contributed by atoms with E-state index in [2.05, 4.69) is 15.1 Å². The average molecular weight is 321 g/mol. The van der Waals surface area contributed by atoms with Crippen LogP contribution < -0.4 is 5.43 Å². The molecule has 3 aromatic rings. The molecule has 0 saturated carbocycles. The van der Waals surface area contributed by atoms with E-state index >= 15 is 0 Å². The minimum atomic E-state index is -0.246. The van der Waals surface area contributed by atoms with Gasteiger partial charge in [0.2, 0.25) is 0 Å². The summed E-state index contributed by atoms with van der Waals surface area (Å²) in [5.41, 5.74) is 6.05. The maximum Gasteiger partial charge on any atom is 0.273 e. The number of hydrazone groups is 1. The topological polar surface area (TPSA) is 59.5 Å². The van der Waals surface area contributed by atoms with Crippen LogP contribution in [0.25, 0.3) is 5.69 Å². The highest BCUT2D eigenvalue weighted by molar-refractivity contribution is 5.96. The quantitative estimate of drug-likeness (QED) is 0.587. The van der Waals surface area contributed by atoms with Crippen LogP contribution in [-0.4, -0.2) is 16.7 Å². The predicted octanol–water partition coefficient (Wildman–Crippen LogP) is 3.76. The summed E-state index contributed by atoms with van der Waals surface area (Å²) in [4.78, 5) is 12.4. The van der Waals surface area contributed by atoms with Gasteiger partial charge in [-0.2, -0.15) is 5.10 Å². The zero-order valence-electron chi connectivity index (χ0n) is 13.9. The van der Waals surface area contributed by atoms with Crippen LogP contribution in [0.5, 0.6) is 0 Å². The van der Waals surface area contributed by atoms with Crippen molar-refractivity contribution in [3.8, 4) is 5.69 Å². The minimum Gasteiger partial charge on any atom is -0.460 e. The molecule has 2 heterocycles. The third-order valence-electron chi connectivity index (χ3n) is 3.81. The summed E-state index contributed by atoms with van der Waals surface area (Å²) >= 11 is 0. The van der Waals surface area contributed by atoms with E-state index < -0.39 is 0 Å². The van der Waals surface area contributed by atoms with Gasteiger partial charge in [0.05, 0.1) is 11.8 Å². The highest BCUT2D eigenvalue weighted by Gasteiger charge is 2.16. The lowest BCUT2D eigenvalue weighted by atomic mass is 10.2. The largest absolute Gasteiger partial charge is 0.460 e. The fourth-order valence-corrected chi connectivity index (χ4v) is 2.70. The lowest BCUT2D eigenvalue weighted by Gasteiger charge is -2.09. The van der Waals surface area contributed by atoms with Gasteiger partial charge in [0.1, 0.15) is 11.5 Å². The molecule has 0 atom stereocenters. The number of aryl methyl sites for hydroxylation is 2. The second kappa shape index (κ2) is 6.58. The number of furan rings is 1. The Bertz CT molecular complexity index is 889. The van der Waals surface area contributed by atoms with E-state index in [0.717, 1.165) is 22.8 Å². The molecule has 1 amide bonds. The number of amides is 1. The molecule has 2 aromatic heterocycles. The van der Waals surface area contributed by atoms with Crippen molar-refractivity contribution < 1.29 is 9.21 Å². The number of nitrogens with zero attached hydrogens (tertiary/aromatic N) is 2. The molecule has 0 fully saturated rings. The third-order valence-corrected chi connectivity index (χ3v) is 3.81. The molecule has 0 unspecified atom stereocenters. The van der Waals surface area contributed by atoms with E-state index in [4.69, 9.17) is 4.42 Å². The molecular weight excluding hydrogens is 302 g/mol. The molecule has 5 nitrogen and oxygen atoms in total. The second-order valence-corrected chi connectivity index (χ2v) is 5.60. The first kappa shape index (κ1) is 15.8. The summed E-state index contributed by atoms with van der Waals surface area (Å²) in [7, 11) is 0. The van der Waals surface area contributed by atoms with Gasteiger partial charge in [-0.1, -0.05) is 18.2 Å². The third kappa shape index (κ3) is 3.15. The molecule has 0 radical (unpaired) electrons. The van der Waals surface area contributed by atoms with Crippen molar-refractivity contribution in [3.63, 3.8) is 0 Å². The SMILES string of the molecule is Cc1ccc(/C=N\NC(=O)c2cc(C)n(-c3ccccc3)c2C)o1. The van der Waals surface area contributed by atoms with Crippen LogP contribution in [0.15, 0.2) is 58.0 Å². The Morgan fingerprint density at radius 2 is 1.88 bits per heavy atom. The Kier molecular flexibility index (Phi) is 4.33. The molecular formula is C19H19N3O2. The van der Waals surface area contributed by atoms with Crippen LogP contribution in [0, 0.1) is 20.8 Å². The molecule has 24 heavy (non-hydrogen) atoms. The fraction of sp³-hybridized carbons (Fsp3) is 0.158. The van der Waals surface area contributed by atoms with Gasteiger partial charge in [0, 0.05) is 17.1 Å². The molecule has 0 aliphatic rings. The number of hydrogen-bond donors (Lipinski definition) is 1. The van der Waals surface area contributed by atoms with Crippen LogP contribution in [0.2, 0.25) is 0 Å². The Hall–Kier alpha value is -3.08. The summed E-state index contributed by atoms with van der Waals surface area (Å²) in [6.07, 6.45) is 1.49. The number of nitrogens with one attached hydrogen (secondary N) is 1. The van der Waals surface area contributed by atoms with E-state index in [9.17, 15) is 4.79 Å². The maximum absolute atomic E-state index is 12.4. The highest BCUT2D eigenvalue weighted by Crippen LogP contribution is 2.20. The first-order valence-corrected chi connectivity index (χ1v) is 7.70. The van der Waals surface area contributed by atoms with Crippen molar-refractivity contribution in [2.75, 3.05) is 0 Å². The molecule has 0 spiro atoms. The Balaban J connectivity index is 1.80. The van der Waals surface area contributed by atoms with Gasteiger partial charge in [-0.15, -0.1) is 0 Å². The van der Waals surface area contributed by atoms with Crippen LogP contribution in [0.1, 0.15) is 33.3 Å². The molecule has 0 bridgehead atoms. The minimum absolute atomic E-state index is 0.246. The second-order valence-electron chi connectivity index (χ2n) is 5.60. The smallest absolute Gasteiger partial charge is 0.273 e. The monoisotopic (exact) mass is 321 g/mol. The van der Waals surface area contributed by atoms with Gasteiger partial charge in [-0.3, -0.25) is 4.79 Å². The van der Waals surface area contributed by atoms with Crippen molar-refractivity contribution >= 4 is 12.1 Å². The average Bonchev–Trinajstić information content (AvgIpc) is 3.11. The van der Waals surface area contributed by atoms with Gasteiger partial charge in [-0.05, 0) is 51.1 Å². The Morgan fingerprint density at radius 3 is 2.54 bits per heavy atom. The van der Waals surface area contributed by atoms with E-state index in [1.54, 1.807) is 6.07 Å². The molecule has 0 aliphatic carbocycles. The van der Waals surface area contributed by atoms with E-state index in [-0.39, 0.29) is 5.91 Å². The van der Waals surface area contributed by atoms with E-state index in [1.165, 1.54) is 6.21 Å².